The number of nitrogens with zero attached hydrogens (tertiary/aromatic N) is 1. The molecule has 0 spiro atoms. The summed E-state index contributed by atoms with van der Waals surface area (Å²) in [6.07, 6.45) is 0.645. The normalized spacial score (nSPS) is 11.1. The fraction of sp³-hybridized carbons (Fsp3) is 0.667. The van der Waals surface area contributed by atoms with E-state index in [1.54, 1.807) is 14.0 Å². The number of carbonyl (C=O) groups excluding carboxylic acids is 2. The Labute approximate surface area is 103 Å². The van der Waals surface area contributed by atoms with Gasteiger partial charge >= 0.3 is 50.5 Å². The minimum atomic E-state index is -0.289. The van der Waals surface area contributed by atoms with Gasteiger partial charge in [-0.1, -0.05) is 0 Å². The van der Waals surface area contributed by atoms with E-state index in [-0.39, 0.29) is 11.8 Å². The van der Waals surface area contributed by atoms with Crippen LogP contribution in [0, 0.1) is 0 Å². The van der Waals surface area contributed by atoms with Crippen LogP contribution in [-0.4, -0.2) is 30.2 Å². The number of hydrogen-bond donors (Lipinski definition) is 0. The monoisotopic (exact) mass is 510 g/mol. The zero-order valence-electron chi connectivity index (χ0n) is 7.05. The van der Waals surface area contributed by atoms with Crippen molar-refractivity contribution in [1.82, 2.24) is 4.90 Å². The average molecular weight is 510 g/mol. The van der Waals surface area contributed by atoms with Gasteiger partial charge in [0.2, 0.25) is 6.41 Å². The number of amides is 1. The van der Waals surface area contributed by atoms with Crippen molar-refractivity contribution in [2.75, 3.05) is 7.05 Å². The molecule has 1 unspecified atom stereocenters. The Hall–Kier alpha value is 1.33. The number of ketones is 1. The number of halogens is 3. The van der Waals surface area contributed by atoms with Gasteiger partial charge < -0.3 is 4.90 Å². The van der Waals surface area contributed by atoms with Gasteiger partial charge in [-0.05, 0) is 13.8 Å². The third kappa shape index (κ3) is 9.42. The van der Waals surface area contributed by atoms with Gasteiger partial charge in [-0.25, -0.2) is 0 Å². The van der Waals surface area contributed by atoms with Gasteiger partial charge in [-0.3, -0.25) is 9.59 Å². The number of carbonyl (C=O) groups is 2. The SMILES string of the molecule is CC(=O)C(C)N(C)C=O.I[I-]I. The quantitative estimate of drug-likeness (QED) is 0.355. The molecule has 0 fully saturated rings. The first-order chi connectivity index (χ1) is 5.51. The zero-order valence-corrected chi connectivity index (χ0v) is 13.5. The molecule has 0 heterocycles. The Kier molecular flexibility index (Phi) is 13.7. The van der Waals surface area contributed by atoms with Gasteiger partial charge in [-0.2, -0.15) is 0 Å². The number of hydrogen-bond acceptors (Lipinski definition) is 2. The molecule has 12 heavy (non-hydrogen) atoms. The second-order valence-electron chi connectivity index (χ2n) is 2.11. The van der Waals surface area contributed by atoms with Gasteiger partial charge in [0.15, 0.2) is 5.78 Å². The Morgan fingerprint density at radius 3 is 2.00 bits per heavy atom. The Bertz CT molecular complexity index is 143. The molecular formula is C6H11I3NO2-. The van der Waals surface area contributed by atoms with E-state index in [1.807, 2.05) is 0 Å². The van der Waals surface area contributed by atoms with E-state index in [4.69, 9.17) is 0 Å². The standard InChI is InChI=1S/C6H11NO2.I3/c1-5(6(2)9)7(3)4-8;1-3-2/h4-5H,1-3H3;/q;-1. The van der Waals surface area contributed by atoms with Gasteiger partial charge in [0.1, 0.15) is 0 Å². The van der Waals surface area contributed by atoms with E-state index in [9.17, 15) is 9.59 Å². The molecule has 0 aromatic heterocycles. The summed E-state index contributed by atoms with van der Waals surface area (Å²) in [5.74, 6) is 0.00426. The molecule has 0 bridgehead atoms. The second-order valence-corrected chi connectivity index (χ2v) is 18.4. The van der Waals surface area contributed by atoms with Crippen molar-refractivity contribution in [3.8, 4) is 0 Å². The summed E-state index contributed by atoms with van der Waals surface area (Å²) in [7, 11) is 1.58. The fourth-order valence-electron chi connectivity index (χ4n) is 0.378. The molecule has 0 N–H and O–H groups in total. The Morgan fingerprint density at radius 2 is 1.92 bits per heavy atom. The van der Waals surface area contributed by atoms with Crippen molar-refractivity contribution in [2.45, 2.75) is 19.9 Å². The first kappa shape index (κ1) is 15.8. The van der Waals surface area contributed by atoms with Gasteiger partial charge in [-0.15, -0.1) is 0 Å². The molecule has 0 saturated heterocycles. The van der Waals surface area contributed by atoms with Crippen LogP contribution in [-0.2, 0) is 9.59 Å². The summed E-state index contributed by atoms with van der Waals surface area (Å²) >= 11 is 5.30. The van der Waals surface area contributed by atoms with Crippen molar-refractivity contribution in [3.05, 3.63) is 0 Å². The van der Waals surface area contributed by atoms with Crippen LogP contribution in [0.5, 0.6) is 0 Å². The van der Waals surface area contributed by atoms with Crippen molar-refractivity contribution in [1.29, 1.82) is 0 Å². The predicted molar refractivity (Wildman–Crippen MR) is 62.0 cm³/mol. The summed E-state index contributed by atoms with van der Waals surface area (Å²) in [4.78, 5) is 21.9. The van der Waals surface area contributed by atoms with Gasteiger partial charge in [0.25, 0.3) is 0 Å². The van der Waals surface area contributed by atoms with Crippen LogP contribution < -0.4 is 13.3 Å². The predicted octanol–water partition coefficient (Wildman–Crippen LogP) is -1.17. The molecule has 0 radical (unpaired) electrons. The maximum atomic E-state index is 10.5. The topological polar surface area (TPSA) is 37.4 Å². The summed E-state index contributed by atoms with van der Waals surface area (Å²) in [6, 6.07) is -0.289. The molecule has 0 aliphatic heterocycles. The molecule has 74 valence electrons. The first-order valence-corrected chi connectivity index (χ1v) is 15.6. The zero-order chi connectivity index (χ0) is 10.1. The third-order valence-electron chi connectivity index (χ3n) is 1.37. The number of rotatable bonds is 3. The van der Waals surface area contributed by atoms with E-state index >= 15 is 0 Å². The minimum absolute atomic E-state index is 0.00426. The molecule has 3 nitrogen and oxygen atoms in total. The van der Waals surface area contributed by atoms with Crippen molar-refractivity contribution < 1.29 is 22.8 Å². The summed E-state index contributed by atoms with van der Waals surface area (Å²) < 4.78 is 0. The van der Waals surface area contributed by atoms with Crippen LogP contribution in [0.15, 0.2) is 0 Å². The number of Topliss-reactive ketones (excluding diaryl/α,β-unsaturated/α-hetero) is 1. The third-order valence-corrected chi connectivity index (χ3v) is 1.37. The van der Waals surface area contributed by atoms with E-state index in [0.29, 0.717) is 19.7 Å². The molecule has 6 heteroatoms. The Morgan fingerprint density at radius 1 is 1.58 bits per heavy atom. The number of likely N-dealkylation sites (N-methyl/N-ethyl adjacent to an activating group) is 1. The van der Waals surface area contributed by atoms with E-state index < -0.39 is 0 Å². The first-order valence-electron chi connectivity index (χ1n) is 3.06. The molecule has 0 aliphatic rings. The molecule has 1 atom stereocenters. The fourth-order valence-corrected chi connectivity index (χ4v) is 0.378. The van der Waals surface area contributed by atoms with E-state index in [0.717, 1.165) is 0 Å². The van der Waals surface area contributed by atoms with Crippen LogP contribution in [0.25, 0.3) is 0 Å². The average Bonchev–Trinajstić information content (AvgIpc) is 2.03. The molecular weight excluding hydrogens is 499 g/mol. The van der Waals surface area contributed by atoms with E-state index in [1.165, 1.54) is 11.8 Å². The van der Waals surface area contributed by atoms with Crippen LogP contribution in [0.1, 0.15) is 13.8 Å². The Balaban J connectivity index is 0. The summed E-state index contributed by atoms with van der Waals surface area (Å²) in [6.45, 7) is 3.15. The van der Waals surface area contributed by atoms with Crippen molar-refractivity contribution >= 4 is 49.4 Å². The van der Waals surface area contributed by atoms with Crippen LogP contribution >= 0.6 is 37.2 Å². The molecule has 0 saturated carbocycles. The van der Waals surface area contributed by atoms with Crippen molar-refractivity contribution in [3.63, 3.8) is 0 Å². The molecule has 0 aromatic carbocycles. The second kappa shape index (κ2) is 10.4. The van der Waals surface area contributed by atoms with E-state index in [2.05, 4.69) is 37.2 Å². The van der Waals surface area contributed by atoms with Crippen molar-refractivity contribution in [2.24, 2.45) is 0 Å². The maximum absolute atomic E-state index is 10.5. The van der Waals surface area contributed by atoms with Gasteiger partial charge in [0, 0.05) is 7.05 Å². The summed E-state index contributed by atoms with van der Waals surface area (Å²) in [5, 5.41) is 0. The molecule has 0 aromatic rings. The summed E-state index contributed by atoms with van der Waals surface area (Å²) in [5.41, 5.74) is 0. The van der Waals surface area contributed by atoms with Crippen LogP contribution in [0.4, 0.5) is 0 Å². The molecule has 1 amide bonds. The van der Waals surface area contributed by atoms with Gasteiger partial charge in [0.05, 0.1) is 6.04 Å². The van der Waals surface area contributed by atoms with Crippen LogP contribution in [0.3, 0.4) is 0 Å². The molecule has 0 aliphatic carbocycles. The van der Waals surface area contributed by atoms with Crippen LogP contribution in [0.2, 0.25) is 0 Å². The molecule has 0 rings (SSSR count).